The number of alkyl halides is 3. The minimum atomic E-state index is -4.43. The molecule has 1 atom stereocenters. The molecule has 1 aromatic heterocycles. The summed E-state index contributed by atoms with van der Waals surface area (Å²) in [6, 6.07) is 4.01. The highest BCUT2D eigenvalue weighted by molar-refractivity contribution is 5.37. The van der Waals surface area contributed by atoms with E-state index in [1.165, 1.54) is 18.5 Å². The van der Waals surface area contributed by atoms with Gasteiger partial charge >= 0.3 is 6.18 Å². The van der Waals surface area contributed by atoms with Crippen molar-refractivity contribution in [1.29, 1.82) is 0 Å². The summed E-state index contributed by atoms with van der Waals surface area (Å²) >= 11 is 0. The molecule has 1 saturated heterocycles. The maximum atomic E-state index is 13.2. The lowest BCUT2D eigenvalue weighted by Gasteiger charge is -2.32. The maximum absolute atomic E-state index is 13.2. The molecule has 0 aliphatic carbocycles. The standard InChI is InChI=1S/C18H21F3N4O2/c1-12-3-2-4-16(18(19,20)21)15(12)11-27-14-7-23-17(24-8-14)25-6-5-22-13(9-25)10-26/h2-4,7-8,13,22,26H,5-6,9-11H2,1H3. The van der Waals surface area contributed by atoms with Gasteiger partial charge in [-0.3, -0.25) is 0 Å². The van der Waals surface area contributed by atoms with E-state index in [0.717, 1.165) is 6.07 Å². The maximum Gasteiger partial charge on any atom is 0.416 e. The van der Waals surface area contributed by atoms with E-state index in [4.69, 9.17) is 4.74 Å². The number of anilines is 1. The normalized spacial score (nSPS) is 17.8. The highest BCUT2D eigenvalue weighted by atomic mass is 19.4. The van der Waals surface area contributed by atoms with Gasteiger partial charge in [-0.1, -0.05) is 12.1 Å². The molecule has 0 bridgehead atoms. The number of nitrogens with zero attached hydrogens (tertiary/aromatic N) is 3. The Bertz CT molecular complexity index is 768. The average molecular weight is 382 g/mol. The molecule has 0 amide bonds. The number of hydrogen-bond acceptors (Lipinski definition) is 6. The van der Waals surface area contributed by atoms with Crippen LogP contribution in [0.3, 0.4) is 0 Å². The smallest absolute Gasteiger partial charge is 0.416 e. The third kappa shape index (κ3) is 4.67. The SMILES string of the molecule is Cc1cccc(C(F)(F)F)c1COc1cnc(N2CCNC(CO)C2)nc1. The van der Waals surface area contributed by atoms with Gasteiger partial charge in [-0.25, -0.2) is 9.97 Å². The van der Waals surface area contributed by atoms with E-state index in [1.54, 1.807) is 13.0 Å². The highest BCUT2D eigenvalue weighted by Crippen LogP contribution is 2.33. The van der Waals surface area contributed by atoms with E-state index in [9.17, 15) is 18.3 Å². The Hall–Kier alpha value is -2.39. The first kappa shape index (κ1) is 19.4. The highest BCUT2D eigenvalue weighted by Gasteiger charge is 2.33. The Morgan fingerprint density at radius 3 is 2.70 bits per heavy atom. The molecule has 1 aliphatic heterocycles. The second-order valence-corrected chi connectivity index (χ2v) is 6.39. The van der Waals surface area contributed by atoms with Gasteiger partial charge in [0.15, 0.2) is 5.75 Å². The summed E-state index contributed by atoms with van der Waals surface area (Å²) in [6.45, 7) is 3.42. The molecular weight excluding hydrogens is 361 g/mol. The molecule has 1 fully saturated rings. The van der Waals surface area contributed by atoms with Crippen molar-refractivity contribution in [1.82, 2.24) is 15.3 Å². The lowest BCUT2D eigenvalue weighted by Crippen LogP contribution is -2.52. The summed E-state index contributed by atoms with van der Waals surface area (Å²) in [5, 5.41) is 12.4. The fourth-order valence-electron chi connectivity index (χ4n) is 2.99. The van der Waals surface area contributed by atoms with Crippen molar-refractivity contribution in [2.24, 2.45) is 0 Å². The third-order valence-electron chi connectivity index (χ3n) is 4.47. The van der Waals surface area contributed by atoms with Crippen molar-refractivity contribution in [3.05, 3.63) is 47.3 Å². The van der Waals surface area contributed by atoms with Crippen LogP contribution >= 0.6 is 0 Å². The summed E-state index contributed by atoms with van der Waals surface area (Å²) < 4.78 is 45.0. The topological polar surface area (TPSA) is 70.5 Å². The number of aliphatic hydroxyl groups excluding tert-OH is 1. The first-order chi connectivity index (χ1) is 12.9. The Morgan fingerprint density at radius 2 is 2.04 bits per heavy atom. The Kier molecular flexibility index (Phi) is 5.81. The minimum absolute atomic E-state index is 0.0235. The largest absolute Gasteiger partial charge is 0.486 e. The van der Waals surface area contributed by atoms with Crippen LogP contribution in [0.4, 0.5) is 19.1 Å². The first-order valence-corrected chi connectivity index (χ1v) is 8.58. The van der Waals surface area contributed by atoms with Gasteiger partial charge in [-0.05, 0) is 18.6 Å². The molecule has 27 heavy (non-hydrogen) atoms. The number of ether oxygens (including phenoxy) is 1. The van der Waals surface area contributed by atoms with Crippen molar-refractivity contribution < 1.29 is 23.0 Å². The van der Waals surface area contributed by atoms with E-state index < -0.39 is 11.7 Å². The fraction of sp³-hybridized carbons (Fsp3) is 0.444. The van der Waals surface area contributed by atoms with E-state index in [2.05, 4.69) is 15.3 Å². The summed E-state index contributed by atoms with van der Waals surface area (Å²) in [7, 11) is 0. The number of nitrogens with one attached hydrogen (secondary N) is 1. The number of aliphatic hydroxyl groups is 1. The van der Waals surface area contributed by atoms with Gasteiger partial charge in [0.05, 0.1) is 24.6 Å². The van der Waals surface area contributed by atoms with Crippen LogP contribution in [0.1, 0.15) is 16.7 Å². The van der Waals surface area contributed by atoms with E-state index in [-0.39, 0.29) is 24.8 Å². The Labute approximate surface area is 155 Å². The van der Waals surface area contributed by atoms with Crippen LogP contribution in [0.15, 0.2) is 30.6 Å². The van der Waals surface area contributed by atoms with Gasteiger partial charge in [0, 0.05) is 31.2 Å². The minimum Gasteiger partial charge on any atom is -0.486 e. The molecule has 0 spiro atoms. The monoisotopic (exact) mass is 382 g/mol. The summed E-state index contributed by atoms with van der Waals surface area (Å²) in [5.74, 6) is 0.790. The molecular formula is C18H21F3N4O2. The second kappa shape index (κ2) is 8.10. The quantitative estimate of drug-likeness (QED) is 0.826. The molecule has 2 N–H and O–H groups in total. The van der Waals surface area contributed by atoms with Crippen molar-refractivity contribution in [3.63, 3.8) is 0 Å². The van der Waals surface area contributed by atoms with Crippen LogP contribution in [-0.2, 0) is 12.8 Å². The summed E-state index contributed by atoms with van der Waals surface area (Å²) in [4.78, 5) is 10.4. The van der Waals surface area contributed by atoms with Crippen molar-refractivity contribution in [2.45, 2.75) is 25.7 Å². The van der Waals surface area contributed by atoms with Crippen molar-refractivity contribution in [3.8, 4) is 5.75 Å². The fourth-order valence-corrected chi connectivity index (χ4v) is 2.99. The molecule has 0 radical (unpaired) electrons. The number of piperazine rings is 1. The summed E-state index contributed by atoms with van der Waals surface area (Å²) in [5.41, 5.74) is -0.0869. The first-order valence-electron chi connectivity index (χ1n) is 8.58. The van der Waals surface area contributed by atoms with Gasteiger partial charge in [0.2, 0.25) is 5.95 Å². The number of benzene rings is 1. The molecule has 1 aliphatic rings. The number of aryl methyl sites for hydroxylation is 1. The number of hydrogen-bond donors (Lipinski definition) is 2. The van der Waals surface area contributed by atoms with E-state index in [1.807, 2.05) is 4.90 Å². The zero-order chi connectivity index (χ0) is 19.4. The number of rotatable bonds is 5. The van der Waals surface area contributed by atoms with Gasteiger partial charge in [0.25, 0.3) is 0 Å². The van der Waals surface area contributed by atoms with Gasteiger partial charge in [-0.15, -0.1) is 0 Å². The number of aromatic nitrogens is 2. The molecule has 2 aromatic rings. The molecule has 1 aromatic carbocycles. The van der Waals surface area contributed by atoms with Crippen LogP contribution in [-0.4, -0.2) is 47.4 Å². The summed E-state index contributed by atoms with van der Waals surface area (Å²) in [6.07, 6.45) is -1.54. The van der Waals surface area contributed by atoms with Crippen LogP contribution in [0, 0.1) is 6.92 Å². The Morgan fingerprint density at radius 1 is 1.30 bits per heavy atom. The molecule has 0 saturated carbocycles. The zero-order valence-corrected chi connectivity index (χ0v) is 14.8. The predicted molar refractivity (Wildman–Crippen MR) is 93.6 cm³/mol. The molecule has 3 rings (SSSR count). The zero-order valence-electron chi connectivity index (χ0n) is 14.8. The van der Waals surface area contributed by atoms with Crippen molar-refractivity contribution >= 4 is 5.95 Å². The van der Waals surface area contributed by atoms with Crippen LogP contribution < -0.4 is 15.0 Å². The van der Waals surface area contributed by atoms with Gasteiger partial charge in [-0.2, -0.15) is 13.2 Å². The molecule has 9 heteroatoms. The third-order valence-corrected chi connectivity index (χ3v) is 4.47. The predicted octanol–water partition coefficient (Wildman–Crippen LogP) is 2.15. The lowest BCUT2D eigenvalue weighted by atomic mass is 10.0. The molecule has 2 heterocycles. The average Bonchev–Trinajstić information content (AvgIpc) is 2.66. The second-order valence-electron chi connectivity index (χ2n) is 6.39. The van der Waals surface area contributed by atoms with Gasteiger partial charge in [0.1, 0.15) is 6.61 Å². The molecule has 6 nitrogen and oxygen atoms in total. The lowest BCUT2D eigenvalue weighted by molar-refractivity contribution is -0.138. The van der Waals surface area contributed by atoms with Gasteiger partial charge < -0.3 is 20.1 Å². The van der Waals surface area contributed by atoms with Crippen LogP contribution in [0.2, 0.25) is 0 Å². The van der Waals surface area contributed by atoms with Crippen LogP contribution in [0.5, 0.6) is 5.75 Å². The number of halogens is 3. The van der Waals surface area contributed by atoms with Crippen LogP contribution in [0.25, 0.3) is 0 Å². The Balaban J connectivity index is 1.68. The van der Waals surface area contributed by atoms with Crippen molar-refractivity contribution in [2.75, 3.05) is 31.1 Å². The van der Waals surface area contributed by atoms with E-state index in [0.29, 0.717) is 36.9 Å². The van der Waals surface area contributed by atoms with E-state index >= 15 is 0 Å². The molecule has 1 unspecified atom stereocenters. The molecule has 146 valence electrons.